The van der Waals surface area contributed by atoms with Gasteiger partial charge < -0.3 is 34.5 Å². The van der Waals surface area contributed by atoms with Gasteiger partial charge in [0.1, 0.15) is 18.3 Å². The van der Waals surface area contributed by atoms with Crippen molar-refractivity contribution in [3.63, 3.8) is 0 Å². The third-order valence-electron chi connectivity index (χ3n) is 5.11. The molecule has 1 aliphatic heterocycles. The van der Waals surface area contributed by atoms with E-state index in [9.17, 15) is 5.11 Å². The highest BCUT2D eigenvalue weighted by atomic mass is 16.7. The fraction of sp³-hybridized carbons (Fsp3) is 0.905. The van der Waals surface area contributed by atoms with Crippen molar-refractivity contribution in [1.29, 1.82) is 0 Å². The Hall–Kier alpha value is -0.700. The molecule has 0 aromatic heterocycles. The molecule has 0 amide bonds. The lowest BCUT2D eigenvalue weighted by molar-refractivity contribution is -0.260. The number of aliphatic hydroxyl groups excluding tert-OH is 1. The van der Waals surface area contributed by atoms with Crippen LogP contribution in [0.2, 0.25) is 0 Å². The lowest BCUT2D eigenvalue weighted by Crippen LogP contribution is -2.63. The summed E-state index contributed by atoms with van der Waals surface area (Å²) >= 11 is 0. The minimum Gasteiger partial charge on any atom is -0.471 e. The Morgan fingerprint density at radius 3 is 2.54 bits per heavy atom. The quantitative estimate of drug-likeness (QED) is 0.321. The van der Waals surface area contributed by atoms with Crippen LogP contribution in [0.25, 0.3) is 0 Å². The minimum atomic E-state index is -0.879. The summed E-state index contributed by atoms with van der Waals surface area (Å²) in [5.41, 5.74) is 6.25. The summed E-state index contributed by atoms with van der Waals surface area (Å²) in [6.45, 7) is 4.76. The normalized spacial score (nSPS) is 29.3. The second-order valence-corrected chi connectivity index (χ2v) is 7.36. The summed E-state index contributed by atoms with van der Waals surface area (Å²) in [7, 11) is 3.30. The lowest BCUT2D eigenvalue weighted by Gasteiger charge is -2.42. The Labute approximate surface area is 170 Å². The molecule has 166 valence electrons. The van der Waals surface area contributed by atoms with Gasteiger partial charge in [-0.2, -0.15) is 0 Å². The van der Waals surface area contributed by atoms with Crippen molar-refractivity contribution in [2.75, 3.05) is 27.4 Å². The van der Waals surface area contributed by atoms with Gasteiger partial charge >= 0.3 is 0 Å². The van der Waals surface area contributed by atoms with Crippen LogP contribution < -0.4 is 5.73 Å². The number of nitrogens with two attached hydrogens (primary N) is 1. The van der Waals surface area contributed by atoms with E-state index in [2.05, 4.69) is 6.92 Å². The number of ether oxygens (including phenoxy) is 5. The topological polar surface area (TPSA) is 92.4 Å². The first-order valence-electron chi connectivity index (χ1n) is 10.6. The van der Waals surface area contributed by atoms with E-state index >= 15 is 0 Å². The highest BCUT2D eigenvalue weighted by Crippen LogP contribution is 2.24. The van der Waals surface area contributed by atoms with Crippen LogP contribution in [0.1, 0.15) is 58.8 Å². The van der Waals surface area contributed by atoms with Gasteiger partial charge in [0.2, 0.25) is 6.29 Å². The fourth-order valence-electron chi connectivity index (χ4n) is 3.42. The van der Waals surface area contributed by atoms with Crippen molar-refractivity contribution in [3.05, 3.63) is 12.3 Å². The van der Waals surface area contributed by atoms with E-state index in [1.165, 1.54) is 31.9 Å². The van der Waals surface area contributed by atoms with Gasteiger partial charge in [0.15, 0.2) is 0 Å². The summed E-state index contributed by atoms with van der Waals surface area (Å²) in [5.74, 6) is 0. The SMILES string of the molecule is CC=CO[C@H]1O[C@H](COC)[C@@H](O)[C@H](OCC[C@@H](CCCCCCC)OC)C1N. The van der Waals surface area contributed by atoms with Gasteiger partial charge in [-0.25, -0.2) is 0 Å². The maximum absolute atomic E-state index is 10.6. The summed E-state index contributed by atoms with van der Waals surface area (Å²) in [6.07, 6.45) is 8.72. The molecule has 1 saturated heterocycles. The van der Waals surface area contributed by atoms with Crippen LogP contribution in [0.3, 0.4) is 0 Å². The largest absolute Gasteiger partial charge is 0.471 e. The van der Waals surface area contributed by atoms with Crippen molar-refractivity contribution in [2.45, 2.75) is 95.5 Å². The van der Waals surface area contributed by atoms with Gasteiger partial charge in [-0.05, 0) is 19.8 Å². The van der Waals surface area contributed by atoms with Crippen LogP contribution >= 0.6 is 0 Å². The predicted molar refractivity (Wildman–Crippen MR) is 109 cm³/mol. The highest BCUT2D eigenvalue weighted by Gasteiger charge is 2.45. The van der Waals surface area contributed by atoms with E-state index in [1.807, 2.05) is 6.92 Å². The zero-order valence-corrected chi connectivity index (χ0v) is 18.0. The second kappa shape index (κ2) is 15.2. The molecular weight excluding hydrogens is 362 g/mol. The Bertz CT molecular complexity index is 408. The number of hydrogen-bond acceptors (Lipinski definition) is 7. The van der Waals surface area contributed by atoms with Crippen molar-refractivity contribution in [1.82, 2.24) is 0 Å². The Balaban J connectivity index is 2.50. The minimum absolute atomic E-state index is 0.152. The summed E-state index contributed by atoms with van der Waals surface area (Å²) < 4.78 is 28.0. The van der Waals surface area contributed by atoms with E-state index < -0.39 is 30.6 Å². The third kappa shape index (κ3) is 8.76. The molecule has 0 aromatic rings. The molecule has 7 nitrogen and oxygen atoms in total. The van der Waals surface area contributed by atoms with E-state index in [1.54, 1.807) is 20.3 Å². The molecule has 0 saturated carbocycles. The number of allylic oxidation sites excluding steroid dienone is 1. The van der Waals surface area contributed by atoms with Crippen LogP contribution in [-0.4, -0.2) is 69.3 Å². The Morgan fingerprint density at radius 1 is 1.14 bits per heavy atom. The second-order valence-electron chi connectivity index (χ2n) is 7.36. The van der Waals surface area contributed by atoms with Gasteiger partial charge in [-0.3, -0.25) is 0 Å². The maximum atomic E-state index is 10.6. The maximum Gasteiger partial charge on any atom is 0.217 e. The number of hydrogen-bond donors (Lipinski definition) is 2. The number of rotatable bonds is 15. The van der Waals surface area contributed by atoms with Gasteiger partial charge in [-0.15, -0.1) is 0 Å². The Kier molecular flexibility index (Phi) is 13.7. The molecular formula is C21H41NO6. The fourth-order valence-corrected chi connectivity index (χ4v) is 3.42. The summed E-state index contributed by atoms with van der Waals surface area (Å²) in [4.78, 5) is 0. The zero-order chi connectivity index (χ0) is 20.8. The Morgan fingerprint density at radius 2 is 1.89 bits per heavy atom. The van der Waals surface area contributed by atoms with E-state index in [0.29, 0.717) is 6.61 Å². The lowest BCUT2D eigenvalue weighted by atomic mass is 9.97. The smallest absolute Gasteiger partial charge is 0.217 e. The first-order valence-corrected chi connectivity index (χ1v) is 10.6. The molecule has 0 radical (unpaired) electrons. The molecule has 3 N–H and O–H groups in total. The number of unbranched alkanes of at least 4 members (excludes halogenated alkanes) is 4. The molecule has 6 atom stereocenters. The van der Waals surface area contributed by atoms with Crippen molar-refractivity contribution >= 4 is 0 Å². The molecule has 0 aromatic carbocycles. The van der Waals surface area contributed by atoms with Crippen LogP contribution in [0.5, 0.6) is 0 Å². The van der Waals surface area contributed by atoms with E-state index in [0.717, 1.165) is 19.3 Å². The van der Waals surface area contributed by atoms with Crippen molar-refractivity contribution in [2.24, 2.45) is 5.73 Å². The van der Waals surface area contributed by atoms with E-state index in [-0.39, 0.29) is 12.7 Å². The first kappa shape index (κ1) is 25.3. The molecule has 7 heteroatoms. The van der Waals surface area contributed by atoms with E-state index in [4.69, 9.17) is 29.4 Å². The molecule has 1 aliphatic rings. The average Bonchev–Trinajstić information content (AvgIpc) is 2.70. The molecule has 0 spiro atoms. The van der Waals surface area contributed by atoms with Crippen LogP contribution in [0.15, 0.2) is 12.3 Å². The number of methoxy groups -OCH3 is 2. The molecule has 28 heavy (non-hydrogen) atoms. The molecule has 0 aliphatic carbocycles. The van der Waals surface area contributed by atoms with Gasteiger partial charge in [-0.1, -0.05) is 45.1 Å². The highest BCUT2D eigenvalue weighted by molar-refractivity contribution is 4.93. The van der Waals surface area contributed by atoms with Gasteiger partial charge in [0.25, 0.3) is 0 Å². The van der Waals surface area contributed by atoms with Gasteiger partial charge in [0, 0.05) is 20.8 Å². The first-order chi connectivity index (χ1) is 13.6. The van der Waals surface area contributed by atoms with Crippen molar-refractivity contribution < 1.29 is 28.8 Å². The molecule has 1 heterocycles. The monoisotopic (exact) mass is 403 g/mol. The molecule has 0 bridgehead atoms. The zero-order valence-electron chi connectivity index (χ0n) is 18.0. The average molecular weight is 404 g/mol. The molecule has 1 fully saturated rings. The predicted octanol–water partition coefficient (Wildman–Crippen LogP) is 2.75. The molecule has 1 unspecified atom stereocenters. The number of aliphatic hydroxyl groups is 1. The summed E-state index contributed by atoms with van der Waals surface area (Å²) in [5, 5.41) is 10.6. The summed E-state index contributed by atoms with van der Waals surface area (Å²) in [6, 6.07) is -0.602. The van der Waals surface area contributed by atoms with Crippen molar-refractivity contribution in [3.8, 4) is 0 Å². The molecule has 1 rings (SSSR count). The van der Waals surface area contributed by atoms with Crippen LogP contribution in [0.4, 0.5) is 0 Å². The van der Waals surface area contributed by atoms with Crippen LogP contribution in [-0.2, 0) is 23.7 Å². The van der Waals surface area contributed by atoms with Gasteiger partial charge in [0.05, 0.1) is 25.0 Å². The standard InChI is InChI=1S/C21H41NO6/c1-5-7-8-9-10-11-16(25-4)12-14-26-20-18(22)21(27-13-6-2)28-17(15-24-3)19(20)23/h6,13,16-21,23H,5,7-12,14-15,22H2,1-4H3/t16-,17-,18?,19-,20-,21+/m1/s1. The third-order valence-corrected chi connectivity index (χ3v) is 5.11. The van der Waals surface area contributed by atoms with Crippen LogP contribution in [0, 0.1) is 0 Å².